The molecule has 2 aromatic rings. The predicted molar refractivity (Wildman–Crippen MR) is 84.0 cm³/mol. The summed E-state index contributed by atoms with van der Waals surface area (Å²) >= 11 is 0. The third-order valence-corrected chi connectivity index (χ3v) is 3.35. The van der Waals surface area contributed by atoms with Gasteiger partial charge in [-0.25, -0.2) is 0 Å². The molecule has 2 N–H and O–H groups in total. The number of hydrogen-bond donors (Lipinski definition) is 2. The van der Waals surface area contributed by atoms with Crippen molar-refractivity contribution in [3.05, 3.63) is 36.2 Å². The first kappa shape index (κ1) is 16.7. The van der Waals surface area contributed by atoms with Gasteiger partial charge < -0.3 is 15.2 Å². The van der Waals surface area contributed by atoms with Crippen LogP contribution < -0.4 is 10.6 Å². The number of benzene rings is 1. The van der Waals surface area contributed by atoms with Gasteiger partial charge in [-0.2, -0.15) is 4.98 Å². The molecule has 2 rings (SSSR count). The molecule has 2 amide bonds. The van der Waals surface area contributed by atoms with E-state index in [-0.39, 0.29) is 17.7 Å². The lowest BCUT2D eigenvalue weighted by atomic mass is 10.0. The summed E-state index contributed by atoms with van der Waals surface area (Å²) in [6.45, 7) is 5.56. The Kier molecular flexibility index (Phi) is 5.46. The van der Waals surface area contributed by atoms with Crippen LogP contribution in [0.5, 0.6) is 0 Å². The molecule has 1 aromatic carbocycles. The Balaban J connectivity index is 1.94. The Labute approximate surface area is 134 Å². The molecule has 0 aliphatic heterocycles. The molecule has 23 heavy (non-hydrogen) atoms. The Morgan fingerprint density at radius 1 is 1.22 bits per heavy atom. The highest BCUT2D eigenvalue weighted by Gasteiger charge is 2.22. The van der Waals surface area contributed by atoms with E-state index < -0.39 is 6.04 Å². The van der Waals surface area contributed by atoms with E-state index in [0.29, 0.717) is 12.4 Å². The fraction of sp³-hybridized carbons (Fsp3) is 0.375. The topological polar surface area (TPSA) is 97.1 Å². The first-order valence-corrected chi connectivity index (χ1v) is 7.38. The summed E-state index contributed by atoms with van der Waals surface area (Å²) in [4.78, 5) is 27.3. The number of hydrogen-bond acceptors (Lipinski definition) is 5. The van der Waals surface area contributed by atoms with Gasteiger partial charge in [0, 0.05) is 19.0 Å². The van der Waals surface area contributed by atoms with Gasteiger partial charge in [0.2, 0.25) is 24.0 Å². The maximum Gasteiger partial charge on any atom is 0.243 e. The summed E-state index contributed by atoms with van der Waals surface area (Å²) in [7, 11) is 0. The first-order chi connectivity index (χ1) is 11.0. The van der Waals surface area contributed by atoms with Gasteiger partial charge in [-0.15, -0.1) is 0 Å². The van der Waals surface area contributed by atoms with Crippen LogP contribution in [0, 0.1) is 5.92 Å². The monoisotopic (exact) mass is 316 g/mol. The highest BCUT2D eigenvalue weighted by molar-refractivity contribution is 5.87. The lowest BCUT2D eigenvalue weighted by Gasteiger charge is -2.20. The van der Waals surface area contributed by atoms with Crippen molar-refractivity contribution in [3.8, 4) is 11.4 Å². The molecule has 1 unspecified atom stereocenters. The van der Waals surface area contributed by atoms with Crippen LogP contribution in [-0.2, 0) is 16.1 Å². The van der Waals surface area contributed by atoms with Gasteiger partial charge in [0.15, 0.2) is 0 Å². The van der Waals surface area contributed by atoms with E-state index in [1.165, 1.54) is 13.3 Å². The number of rotatable bonds is 6. The molecule has 7 nitrogen and oxygen atoms in total. The van der Waals surface area contributed by atoms with Crippen LogP contribution in [0.1, 0.15) is 26.3 Å². The number of amides is 2. The number of carbonyl (C=O) groups is 2. The largest absolute Gasteiger partial charge is 0.350 e. The molecule has 122 valence electrons. The van der Waals surface area contributed by atoms with Gasteiger partial charge in [-0.05, 0) is 11.5 Å². The van der Waals surface area contributed by atoms with Crippen molar-refractivity contribution in [2.45, 2.75) is 33.4 Å². The van der Waals surface area contributed by atoms with Crippen LogP contribution in [-0.4, -0.2) is 28.0 Å². The van der Waals surface area contributed by atoms with Gasteiger partial charge in [0.1, 0.15) is 6.04 Å². The molecule has 7 heteroatoms. The molecule has 0 aliphatic rings. The van der Waals surface area contributed by atoms with Crippen LogP contribution in [0.4, 0.5) is 0 Å². The van der Waals surface area contributed by atoms with Crippen molar-refractivity contribution in [1.29, 1.82) is 0 Å². The molecule has 0 radical (unpaired) electrons. The molecule has 1 heterocycles. The molecule has 0 saturated heterocycles. The molecule has 0 fully saturated rings. The van der Waals surface area contributed by atoms with Crippen LogP contribution in [0.25, 0.3) is 11.4 Å². The van der Waals surface area contributed by atoms with E-state index in [0.717, 1.165) is 11.1 Å². The second-order valence-electron chi connectivity index (χ2n) is 5.59. The smallest absolute Gasteiger partial charge is 0.243 e. The van der Waals surface area contributed by atoms with E-state index >= 15 is 0 Å². The average Bonchev–Trinajstić information content (AvgIpc) is 3.04. The Hall–Kier alpha value is -2.70. The molecule has 0 aliphatic carbocycles. The lowest BCUT2D eigenvalue weighted by molar-refractivity contribution is -0.129. The summed E-state index contributed by atoms with van der Waals surface area (Å²) in [6.07, 6.45) is 1.28. The zero-order valence-corrected chi connectivity index (χ0v) is 13.4. The predicted octanol–water partition coefficient (Wildman–Crippen LogP) is 1.51. The molecule has 0 saturated carbocycles. The summed E-state index contributed by atoms with van der Waals surface area (Å²) in [5.41, 5.74) is 1.78. The summed E-state index contributed by atoms with van der Waals surface area (Å²) in [5.74, 6) is 0.117. The van der Waals surface area contributed by atoms with Crippen molar-refractivity contribution in [3.63, 3.8) is 0 Å². The van der Waals surface area contributed by atoms with Crippen molar-refractivity contribution >= 4 is 11.8 Å². The number of carbonyl (C=O) groups excluding carboxylic acids is 2. The minimum absolute atomic E-state index is 0.0134. The zero-order valence-electron chi connectivity index (χ0n) is 13.4. The molecular weight excluding hydrogens is 296 g/mol. The summed E-state index contributed by atoms with van der Waals surface area (Å²) in [6, 6.07) is 6.95. The Morgan fingerprint density at radius 3 is 2.43 bits per heavy atom. The number of aromatic nitrogens is 2. The van der Waals surface area contributed by atoms with Crippen molar-refractivity contribution in [2.24, 2.45) is 5.92 Å². The van der Waals surface area contributed by atoms with Gasteiger partial charge in [0.05, 0.1) is 0 Å². The van der Waals surface area contributed by atoms with Crippen LogP contribution in [0.2, 0.25) is 0 Å². The van der Waals surface area contributed by atoms with Crippen LogP contribution in [0.15, 0.2) is 35.2 Å². The second kappa shape index (κ2) is 7.53. The number of nitrogens with zero attached hydrogens (tertiary/aromatic N) is 2. The Bertz CT molecular complexity index is 650. The molecule has 1 atom stereocenters. The number of nitrogens with one attached hydrogen (secondary N) is 2. The first-order valence-electron chi connectivity index (χ1n) is 7.38. The van der Waals surface area contributed by atoms with E-state index in [4.69, 9.17) is 4.52 Å². The lowest BCUT2D eigenvalue weighted by Crippen LogP contribution is -2.48. The van der Waals surface area contributed by atoms with Crippen LogP contribution in [0.3, 0.4) is 0 Å². The van der Waals surface area contributed by atoms with E-state index in [9.17, 15) is 9.59 Å². The zero-order chi connectivity index (χ0) is 16.8. The third kappa shape index (κ3) is 4.64. The minimum Gasteiger partial charge on any atom is -0.350 e. The second-order valence-corrected chi connectivity index (χ2v) is 5.59. The minimum atomic E-state index is -0.536. The molecular formula is C16H20N4O3. The van der Waals surface area contributed by atoms with Crippen molar-refractivity contribution in [2.75, 3.05) is 0 Å². The molecule has 0 bridgehead atoms. The van der Waals surface area contributed by atoms with E-state index in [2.05, 4.69) is 20.8 Å². The Morgan fingerprint density at radius 2 is 1.91 bits per heavy atom. The quantitative estimate of drug-likeness (QED) is 0.842. The fourth-order valence-corrected chi connectivity index (χ4v) is 2.12. The maximum atomic E-state index is 12.2. The standard InChI is InChI=1S/C16H20N4O3/c1-10(2)14(19-11(3)21)16(22)17-8-12-4-6-13(7-5-12)15-18-9-23-20-15/h4-7,9-10,14H,8H2,1-3H3,(H,17,22)(H,19,21). The van der Waals surface area contributed by atoms with Gasteiger partial charge >= 0.3 is 0 Å². The molecule has 1 aromatic heterocycles. The average molecular weight is 316 g/mol. The highest BCUT2D eigenvalue weighted by atomic mass is 16.5. The maximum absolute atomic E-state index is 12.2. The van der Waals surface area contributed by atoms with Gasteiger partial charge in [-0.1, -0.05) is 43.3 Å². The molecule has 0 spiro atoms. The van der Waals surface area contributed by atoms with Crippen LogP contribution >= 0.6 is 0 Å². The van der Waals surface area contributed by atoms with Crippen molar-refractivity contribution < 1.29 is 14.1 Å². The third-order valence-electron chi connectivity index (χ3n) is 3.35. The fourth-order valence-electron chi connectivity index (χ4n) is 2.12. The normalized spacial score (nSPS) is 12.0. The van der Waals surface area contributed by atoms with E-state index in [1.54, 1.807) is 0 Å². The van der Waals surface area contributed by atoms with Gasteiger partial charge in [-0.3, -0.25) is 9.59 Å². The van der Waals surface area contributed by atoms with Gasteiger partial charge in [0.25, 0.3) is 0 Å². The SMILES string of the molecule is CC(=O)NC(C(=O)NCc1ccc(-c2ncon2)cc1)C(C)C. The van der Waals surface area contributed by atoms with E-state index in [1.807, 2.05) is 38.1 Å². The summed E-state index contributed by atoms with van der Waals surface area (Å²) in [5, 5.41) is 9.27. The van der Waals surface area contributed by atoms with Crippen molar-refractivity contribution in [1.82, 2.24) is 20.8 Å². The summed E-state index contributed by atoms with van der Waals surface area (Å²) < 4.78 is 4.71. The highest BCUT2D eigenvalue weighted by Crippen LogP contribution is 2.15.